The van der Waals surface area contributed by atoms with Crippen molar-refractivity contribution in [3.63, 3.8) is 0 Å². The number of carbonyl (C=O) groups excluding carboxylic acids is 1. The van der Waals surface area contributed by atoms with Gasteiger partial charge in [-0.05, 0) is 37.6 Å². The number of hydrogen-bond acceptors (Lipinski definition) is 3. The van der Waals surface area contributed by atoms with Crippen molar-refractivity contribution in [1.82, 2.24) is 0 Å². The Balaban J connectivity index is 3.01. The number of carbonyl (C=O) groups is 1. The molecule has 0 aromatic heterocycles. The van der Waals surface area contributed by atoms with Gasteiger partial charge in [0.1, 0.15) is 11.6 Å². The summed E-state index contributed by atoms with van der Waals surface area (Å²) in [4.78, 5) is 11.5. The van der Waals surface area contributed by atoms with Crippen LogP contribution in [0.4, 0.5) is 8.78 Å². The molecule has 18 heavy (non-hydrogen) atoms. The second kappa shape index (κ2) is 5.92. The Morgan fingerprint density at radius 3 is 2.56 bits per heavy atom. The van der Waals surface area contributed by atoms with Gasteiger partial charge in [0.15, 0.2) is 11.6 Å². The molecule has 0 aliphatic rings. The topological polar surface area (TPSA) is 50.1 Å². The molecule has 0 N–H and O–H groups in total. The number of hydrogen-bond donors (Lipinski definition) is 0. The van der Waals surface area contributed by atoms with Gasteiger partial charge < -0.3 is 4.74 Å². The molecule has 0 radical (unpaired) electrons. The Hall–Kier alpha value is -2.22. The van der Waals surface area contributed by atoms with Crippen molar-refractivity contribution in [1.29, 1.82) is 5.26 Å². The highest BCUT2D eigenvalue weighted by atomic mass is 19.2. The molecule has 1 aromatic carbocycles. The first-order valence-corrected chi connectivity index (χ1v) is 5.22. The minimum atomic E-state index is -1.04. The lowest BCUT2D eigenvalue weighted by Gasteiger charge is -2.06. The molecule has 0 heterocycles. The van der Waals surface area contributed by atoms with E-state index in [0.717, 1.165) is 18.2 Å². The van der Waals surface area contributed by atoms with E-state index in [0.29, 0.717) is 0 Å². The van der Waals surface area contributed by atoms with Crippen molar-refractivity contribution < 1.29 is 18.3 Å². The molecule has 0 spiro atoms. The zero-order valence-electron chi connectivity index (χ0n) is 9.91. The normalized spacial score (nSPS) is 11.2. The van der Waals surface area contributed by atoms with Gasteiger partial charge in [0.2, 0.25) is 0 Å². The molecule has 0 unspecified atom stereocenters. The number of benzene rings is 1. The molecular formula is C13H11F2NO2. The molecule has 0 amide bonds. The Morgan fingerprint density at radius 2 is 2.06 bits per heavy atom. The zero-order valence-corrected chi connectivity index (χ0v) is 9.91. The van der Waals surface area contributed by atoms with Gasteiger partial charge >= 0.3 is 5.97 Å². The Bertz CT molecular complexity index is 530. The van der Waals surface area contributed by atoms with E-state index in [-0.39, 0.29) is 17.2 Å². The van der Waals surface area contributed by atoms with E-state index >= 15 is 0 Å². The third-order valence-electron chi connectivity index (χ3n) is 1.94. The molecule has 1 aromatic rings. The van der Waals surface area contributed by atoms with Crippen LogP contribution in [0.25, 0.3) is 6.08 Å². The van der Waals surface area contributed by atoms with Gasteiger partial charge in [-0.3, -0.25) is 0 Å². The number of esters is 1. The highest BCUT2D eigenvalue weighted by Gasteiger charge is 2.12. The summed E-state index contributed by atoms with van der Waals surface area (Å²) in [5.41, 5.74) is -0.0548. The first kappa shape index (κ1) is 13.8. The van der Waals surface area contributed by atoms with Crippen molar-refractivity contribution >= 4 is 12.0 Å². The summed E-state index contributed by atoms with van der Waals surface area (Å²) >= 11 is 0. The maximum absolute atomic E-state index is 12.9. The average Bonchev–Trinajstić information content (AvgIpc) is 2.29. The predicted molar refractivity (Wildman–Crippen MR) is 61.2 cm³/mol. The first-order valence-electron chi connectivity index (χ1n) is 5.22. The Morgan fingerprint density at radius 1 is 1.39 bits per heavy atom. The van der Waals surface area contributed by atoms with Gasteiger partial charge in [-0.15, -0.1) is 0 Å². The smallest absolute Gasteiger partial charge is 0.349 e. The molecule has 94 valence electrons. The minimum Gasteiger partial charge on any atom is -0.459 e. The van der Waals surface area contributed by atoms with Gasteiger partial charge in [-0.1, -0.05) is 6.07 Å². The number of nitrogens with zero attached hydrogens (tertiary/aromatic N) is 1. The van der Waals surface area contributed by atoms with Crippen molar-refractivity contribution in [2.75, 3.05) is 0 Å². The van der Waals surface area contributed by atoms with E-state index in [2.05, 4.69) is 0 Å². The van der Waals surface area contributed by atoms with Crippen LogP contribution < -0.4 is 0 Å². The van der Waals surface area contributed by atoms with Crippen molar-refractivity contribution in [2.24, 2.45) is 0 Å². The van der Waals surface area contributed by atoms with E-state index in [9.17, 15) is 13.6 Å². The lowest BCUT2D eigenvalue weighted by Crippen LogP contribution is -2.12. The molecule has 0 saturated carbocycles. The lowest BCUT2D eigenvalue weighted by atomic mass is 10.1. The summed E-state index contributed by atoms with van der Waals surface area (Å²) in [6.45, 7) is 3.29. The molecule has 0 bridgehead atoms. The molecule has 5 heteroatoms. The summed E-state index contributed by atoms with van der Waals surface area (Å²) in [6, 6.07) is 4.74. The van der Waals surface area contributed by atoms with Crippen LogP contribution in [0.2, 0.25) is 0 Å². The van der Waals surface area contributed by atoms with E-state index in [1.807, 2.05) is 0 Å². The third kappa shape index (κ3) is 3.67. The van der Waals surface area contributed by atoms with Crippen molar-refractivity contribution in [3.05, 3.63) is 41.0 Å². The molecule has 0 aliphatic heterocycles. The second-order valence-corrected chi connectivity index (χ2v) is 3.80. The van der Waals surface area contributed by atoms with Crippen LogP contribution in [0.3, 0.4) is 0 Å². The van der Waals surface area contributed by atoms with Crippen LogP contribution in [0.5, 0.6) is 0 Å². The highest BCUT2D eigenvalue weighted by molar-refractivity contribution is 5.97. The number of nitriles is 1. The largest absolute Gasteiger partial charge is 0.459 e. The third-order valence-corrected chi connectivity index (χ3v) is 1.94. The maximum atomic E-state index is 12.9. The quantitative estimate of drug-likeness (QED) is 0.471. The first-order chi connectivity index (χ1) is 8.43. The molecule has 0 atom stereocenters. The van der Waals surface area contributed by atoms with Gasteiger partial charge in [0.05, 0.1) is 6.10 Å². The fourth-order valence-corrected chi connectivity index (χ4v) is 1.18. The summed E-state index contributed by atoms with van der Waals surface area (Å²) < 4.78 is 30.5. The van der Waals surface area contributed by atoms with Crippen LogP contribution in [0.15, 0.2) is 23.8 Å². The fraction of sp³-hybridized carbons (Fsp3) is 0.231. The Kier molecular flexibility index (Phi) is 4.55. The molecule has 1 rings (SSSR count). The zero-order chi connectivity index (χ0) is 13.7. The van der Waals surface area contributed by atoms with E-state index in [1.165, 1.54) is 6.07 Å². The van der Waals surface area contributed by atoms with Crippen LogP contribution >= 0.6 is 0 Å². The molecule has 0 saturated heterocycles. The van der Waals surface area contributed by atoms with Crippen LogP contribution in [-0.2, 0) is 9.53 Å². The standard InChI is InChI=1S/C13H11F2NO2/c1-8(2)18-13(17)10(7-16)5-9-3-4-11(14)12(15)6-9/h3-6,8H,1-2H3/b10-5+. The maximum Gasteiger partial charge on any atom is 0.349 e. The Labute approximate surface area is 103 Å². The van der Waals surface area contributed by atoms with Crippen LogP contribution in [0.1, 0.15) is 19.4 Å². The number of halogens is 2. The van der Waals surface area contributed by atoms with Crippen LogP contribution in [0, 0.1) is 23.0 Å². The lowest BCUT2D eigenvalue weighted by molar-refractivity contribution is -0.142. The monoisotopic (exact) mass is 251 g/mol. The van der Waals surface area contributed by atoms with Gasteiger partial charge in [-0.25, -0.2) is 13.6 Å². The molecular weight excluding hydrogens is 240 g/mol. The summed E-state index contributed by atoms with van der Waals surface area (Å²) in [7, 11) is 0. The molecule has 0 fully saturated rings. The molecule has 3 nitrogen and oxygen atoms in total. The summed E-state index contributed by atoms with van der Waals surface area (Å²) in [5, 5.41) is 8.81. The van der Waals surface area contributed by atoms with Crippen molar-refractivity contribution in [2.45, 2.75) is 20.0 Å². The van der Waals surface area contributed by atoms with E-state index < -0.39 is 17.6 Å². The van der Waals surface area contributed by atoms with Gasteiger partial charge in [0.25, 0.3) is 0 Å². The number of rotatable bonds is 3. The summed E-state index contributed by atoms with van der Waals surface area (Å²) in [6.07, 6.45) is 0.784. The van der Waals surface area contributed by atoms with E-state index in [4.69, 9.17) is 10.00 Å². The van der Waals surface area contributed by atoms with E-state index in [1.54, 1.807) is 19.9 Å². The van der Waals surface area contributed by atoms with Gasteiger partial charge in [0, 0.05) is 0 Å². The SMILES string of the molecule is CC(C)OC(=O)/C(C#N)=C/c1ccc(F)c(F)c1. The molecule has 0 aliphatic carbocycles. The summed E-state index contributed by atoms with van der Waals surface area (Å²) in [5.74, 6) is -2.83. The highest BCUT2D eigenvalue weighted by Crippen LogP contribution is 2.13. The fourth-order valence-electron chi connectivity index (χ4n) is 1.18. The number of ether oxygens (including phenoxy) is 1. The second-order valence-electron chi connectivity index (χ2n) is 3.80. The van der Waals surface area contributed by atoms with Crippen molar-refractivity contribution in [3.8, 4) is 6.07 Å². The van der Waals surface area contributed by atoms with Crippen LogP contribution in [-0.4, -0.2) is 12.1 Å². The average molecular weight is 251 g/mol. The predicted octanol–water partition coefficient (Wildman–Crippen LogP) is 2.82. The van der Waals surface area contributed by atoms with Gasteiger partial charge in [-0.2, -0.15) is 5.26 Å². The minimum absolute atomic E-state index is 0.214.